The summed E-state index contributed by atoms with van der Waals surface area (Å²) in [5, 5.41) is 0. The number of para-hydroxylation sites is 1. The lowest BCUT2D eigenvalue weighted by atomic mass is 10.2. The van der Waals surface area contributed by atoms with Gasteiger partial charge < -0.3 is 14.4 Å². The van der Waals surface area contributed by atoms with E-state index in [-0.39, 0.29) is 17.3 Å². The average molecular weight is 467 g/mol. The van der Waals surface area contributed by atoms with Crippen molar-refractivity contribution in [1.82, 2.24) is 0 Å². The van der Waals surface area contributed by atoms with E-state index < -0.39 is 10.0 Å². The summed E-state index contributed by atoms with van der Waals surface area (Å²) in [6, 6.07) is 19.1. The second kappa shape index (κ2) is 9.15. The molecule has 4 rings (SSSR count). The Morgan fingerprint density at radius 3 is 2.36 bits per heavy atom. The zero-order valence-corrected chi connectivity index (χ0v) is 19.6. The van der Waals surface area contributed by atoms with Gasteiger partial charge in [-0.3, -0.25) is 9.10 Å². The first-order chi connectivity index (χ1) is 15.8. The Labute approximate surface area is 194 Å². The van der Waals surface area contributed by atoms with E-state index in [9.17, 15) is 13.2 Å². The van der Waals surface area contributed by atoms with Gasteiger partial charge in [-0.25, -0.2) is 8.42 Å². The van der Waals surface area contributed by atoms with Crippen LogP contribution >= 0.6 is 0 Å². The lowest BCUT2D eigenvalue weighted by Gasteiger charge is -2.27. The van der Waals surface area contributed by atoms with Gasteiger partial charge >= 0.3 is 0 Å². The molecule has 33 heavy (non-hydrogen) atoms. The molecule has 0 radical (unpaired) electrons. The summed E-state index contributed by atoms with van der Waals surface area (Å²) in [5.74, 6) is 0.426. The maximum Gasteiger partial charge on any atom is 0.264 e. The average Bonchev–Trinajstić information content (AvgIpc) is 3.27. The highest BCUT2D eigenvalue weighted by Gasteiger charge is 2.32. The number of nitrogens with zero attached hydrogens (tertiary/aromatic N) is 2. The molecule has 1 heterocycles. The monoisotopic (exact) mass is 466 g/mol. The Morgan fingerprint density at radius 2 is 1.67 bits per heavy atom. The van der Waals surface area contributed by atoms with Crippen LogP contribution < -0.4 is 18.7 Å². The molecule has 8 heteroatoms. The van der Waals surface area contributed by atoms with Crippen LogP contribution in [0, 0.1) is 6.92 Å². The van der Waals surface area contributed by atoms with Gasteiger partial charge in [0.25, 0.3) is 10.0 Å². The first-order valence-corrected chi connectivity index (χ1v) is 12.0. The van der Waals surface area contributed by atoms with Crippen LogP contribution in [-0.2, 0) is 21.2 Å². The molecule has 0 unspecified atom stereocenters. The van der Waals surface area contributed by atoms with Gasteiger partial charge in [0.15, 0.2) is 11.5 Å². The summed E-state index contributed by atoms with van der Waals surface area (Å²) < 4.78 is 39.2. The van der Waals surface area contributed by atoms with Crippen molar-refractivity contribution in [1.29, 1.82) is 0 Å². The molecule has 0 atom stereocenters. The first kappa shape index (κ1) is 22.7. The third kappa shape index (κ3) is 4.39. The lowest BCUT2D eigenvalue weighted by Crippen LogP contribution is -2.42. The highest BCUT2D eigenvalue weighted by Crippen LogP contribution is 2.33. The number of methoxy groups -OCH3 is 2. The Hall–Kier alpha value is -3.52. The number of rotatable bonds is 7. The smallest absolute Gasteiger partial charge is 0.264 e. The van der Waals surface area contributed by atoms with Crippen LogP contribution in [0.3, 0.4) is 0 Å². The number of sulfonamides is 1. The van der Waals surface area contributed by atoms with E-state index in [2.05, 4.69) is 0 Å². The molecule has 0 N–H and O–H groups in total. The fourth-order valence-corrected chi connectivity index (χ4v) is 5.37. The molecule has 0 saturated heterocycles. The van der Waals surface area contributed by atoms with Crippen molar-refractivity contribution in [2.75, 3.05) is 36.5 Å². The molecule has 1 amide bonds. The number of carbonyl (C=O) groups excluding carboxylic acids is 1. The Morgan fingerprint density at radius 1 is 0.970 bits per heavy atom. The number of fused-ring (bicyclic) bond motifs is 1. The molecule has 0 spiro atoms. The second-order valence-corrected chi connectivity index (χ2v) is 9.65. The molecule has 3 aromatic carbocycles. The van der Waals surface area contributed by atoms with Crippen LogP contribution in [0.4, 0.5) is 11.4 Å². The molecule has 7 nitrogen and oxygen atoms in total. The Kier molecular flexibility index (Phi) is 6.29. The minimum Gasteiger partial charge on any atom is -0.493 e. The zero-order valence-electron chi connectivity index (χ0n) is 18.8. The highest BCUT2D eigenvalue weighted by atomic mass is 32.2. The van der Waals surface area contributed by atoms with Crippen molar-refractivity contribution in [2.24, 2.45) is 0 Å². The van der Waals surface area contributed by atoms with E-state index in [0.29, 0.717) is 23.7 Å². The van der Waals surface area contributed by atoms with Crippen LogP contribution in [-0.4, -0.2) is 41.6 Å². The third-order valence-corrected chi connectivity index (χ3v) is 7.50. The molecule has 0 aliphatic carbocycles. The molecule has 0 aromatic heterocycles. The first-order valence-electron chi connectivity index (χ1n) is 10.5. The van der Waals surface area contributed by atoms with E-state index in [1.165, 1.54) is 32.4 Å². The van der Waals surface area contributed by atoms with E-state index in [1.807, 2.05) is 43.3 Å². The van der Waals surface area contributed by atoms with Crippen molar-refractivity contribution in [3.63, 3.8) is 0 Å². The van der Waals surface area contributed by atoms with Crippen molar-refractivity contribution in [3.05, 3.63) is 77.9 Å². The quantitative estimate of drug-likeness (QED) is 0.530. The molecule has 0 bridgehead atoms. The second-order valence-electron chi connectivity index (χ2n) is 7.79. The maximum absolute atomic E-state index is 13.7. The van der Waals surface area contributed by atoms with Crippen molar-refractivity contribution >= 4 is 27.3 Å². The molecular formula is C25H26N2O5S. The number of hydrogen-bond acceptors (Lipinski definition) is 5. The number of anilines is 2. The fraction of sp³-hybridized carbons (Fsp3) is 0.240. The summed E-state index contributed by atoms with van der Waals surface area (Å²) in [7, 11) is -1.15. The van der Waals surface area contributed by atoms with Crippen molar-refractivity contribution in [3.8, 4) is 11.5 Å². The lowest BCUT2D eigenvalue weighted by molar-refractivity contribution is -0.117. The van der Waals surface area contributed by atoms with Crippen LogP contribution in [0.2, 0.25) is 0 Å². The van der Waals surface area contributed by atoms with E-state index in [4.69, 9.17) is 9.47 Å². The summed E-state index contributed by atoms with van der Waals surface area (Å²) in [5.41, 5.74) is 3.31. The SMILES string of the molecule is COc1ccc(S(=O)(=O)N(CC(=O)N2CCc3ccccc32)c2ccc(C)cc2)cc1OC. The molecule has 1 aliphatic rings. The summed E-state index contributed by atoms with van der Waals surface area (Å²) in [6.07, 6.45) is 0.745. The van der Waals surface area contributed by atoms with Crippen LogP contribution in [0.25, 0.3) is 0 Å². The van der Waals surface area contributed by atoms with Gasteiger partial charge in [0.05, 0.1) is 24.8 Å². The predicted molar refractivity (Wildman–Crippen MR) is 128 cm³/mol. The van der Waals surface area contributed by atoms with Gasteiger partial charge in [0.1, 0.15) is 6.54 Å². The molecule has 172 valence electrons. The summed E-state index contributed by atoms with van der Waals surface area (Å²) in [4.78, 5) is 15.0. The third-order valence-electron chi connectivity index (χ3n) is 5.73. The summed E-state index contributed by atoms with van der Waals surface area (Å²) in [6.45, 7) is 2.12. The number of hydrogen-bond donors (Lipinski definition) is 0. The number of benzene rings is 3. The number of carbonyl (C=O) groups is 1. The maximum atomic E-state index is 13.7. The number of aryl methyl sites for hydroxylation is 1. The standard InChI is InChI=1S/C25H26N2O5S/c1-18-8-10-20(11-9-18)27(17-25(28)26-15-14-19-6-4-5-7-22(19)26)33(29,30)21-12-13-23(31-2)24(16-21)32-3/h4-13,16H,14-15,17H2,1-3H3. The van der Waals surface area contributed by atoms with Gasteiger partial charge in [-0.05, 0) is 49.2 Å². The Balaban J connectivity index is 1.73. The zero-order chi connectivity index (χ0) is 23.6. The predicted octanol–water partition coefficient (Wildman–Crippen LogP) is 3.80. The topological polar surface area (TPSA) is 76.2 Å². The minimum absolute atomic E-state index is 0.00958. The number of ether oxygens (including phenoxy) is 2. The molecular weight excluding hydrogens is 440 g/mol. The van der Waals surface area contributed by atoms with Crippen LogP contribution in [0.5, 0.6) is 11.5 Å². The van der Waals surface area contributed by atoms with E-state index in [1.54, 1.807) is 17.0 Å². The largest absolute Gasteiger partial charge is 0.493 e. The molecule has 0 fully saturated rings. The molecule has 1 aliphatic heterocycles. The van der Waals surface area contributed by atoms with Crippen LogP contribution in [0.1, 0.15) is 11.1 Å². The van der Waals surface area contributed by atoms with Crippen molar-refractivity contribution in [2.45, 2.75) is 18.2 Å². The molecule has 0 saturated carbocycles. The van der Waals surface area contributed by atoms with Gasteiger partial charge in [0, 0.05) is 18.3 Å². The van der Waals surface area contributed by atoms with E-state index >= 15 is 0 Å². The van der Waals surface area contributed by atoms with Crippen LogP contribution in [0.15, 0.2) is 71.6 Å². The van der Waals surface area contributed by atoms with E-state index in [0.717, 1.165) is 27.5 Å². The summed E-state index contributed by atoms with van der Waals surface area (Å²) >= 11 is 0. The van der Waals surface area contributed by atoms with Gasteiger partial charge in [-0.2, -0.15) is 0 Å². The van der Waals surface area contributed by atoms with Gasteiger partial charge in [-0.1, -0.05) is 35.9 Å². The van der Waals surface area contributed by atoms with Crippen molar-refractivity contribution < 1.29 is 22.7 Å². The normalized spacial score (nSPS) is 12.9. The molecule has 3 aromatic rings. The Bertz CT molecular complexity index is 1270. The highest BCUT2D eigenvalue weighted by molar-refractivity contribution is 7.92. The van der Waals surface area contributed by atoms with Gasteiger partial charge in [-0.15, -0.1) is 0 Å². The van der Waals surface area contributed by atoms with Gasteiger partial charge in [0.2, 0.25) is 5.91 Å². The number of amides is 1. The minimum atomic E-state index is -4.08. The fourth-order valence-electron chi connectivity index (χ4n) is 3.94.